The van der Waals surface area contributed by atoms with Gasteiger partial charge in [-0.25, -0.2) is 9.82 Å². The lowest BCUT2D eigenvalue weighted by Gasteiger charge is -2.07. The average Bonchev–Trinajstić information content (AvgIpc) is 2.99. The van der Waals surface area contributed by atoms with Crippen LogP contribution in [0.3, 0.4) is 0 Å². The van der Waals surface area contributed by atoms with Gasteiger partial charge in [0.15, 0.2) is 0 Å². The summed E-state index contributed by atoms with van der Waals surface area (Å²) in [4.78, 5) is 13.4. The molecule has 0 aliphatic heterocycles. The second-order valence-corrected chi connectivity index (χ2v) is 4.94. The number of nitrogens with one attached hydrogen (secondary N) is 1. The predicted octanol–water partition coefficient (Wildman–Crippen LogP) is 2.28. The topological polar surface area (TPSA) is 72.2 Å². The van der Waals surface area contributed by atoms with Crippen molar-refractivity contribution in [2.45, 2.75) is 13.0 Å². The number of aromatic nitrogens is 3. The number of hydrogen-bond acceptors (Lipinski definition) is 4. The second-order valence-electron chi connectivity index (χ2n) is 4.94. The molecule has 1 N–H and O–H groups in total. The lowest BCUT2D eigenvalue weighted by Crippen LogP contribution is -2.28. The Balaban J connectivity index is 1.69. The summed E-state index contributed by atoms with van der Waals surface area (Å²) in [7, 11) is 0. The first-order chi connectivity index (χ1) is 11.1. The number of amides is 1. The Morgan fingerprint density at radius 1 is 1.17 bits per heavy atom. The van der Waals surface area contributed by atoms with E-state index in [9.17, 15) is 9.18 Å². The van der Waals surface area contributed by atoms with Crippen molar-refractivity contribution in [2.75, 3.05) is 0 Å². The molecular weight excluding hydrogens is 297 g/mol. The molecule has 0 saturated heterocycles. The summed E-state index contributed by atoms with van der Waals surface area (Å²) in [5.41, 5.74) is 4.08. The molecule has 1 aromatic heterocycles. The maximum Gasteiger partial charge on any atom is 0.266 e. The Hall–Kier alpha value is -3.09. The van der Waals surface area contributed by atoms with E-state index in [0.717, 1.165) is 0 Å². The van der Waals surface area contributed by atoms with Crippen LogP contribution in [0.2, 0.25) is 0 Å². The van der Waals surface area contributed by atoms with E-state index in [0.29, 0.717) is 16.6 Å². The molecule has 2 aromatic carbocycles. The van der Waals surface area contributed by atoms with E-state index >= 15 is 0 Å². The first-order valence-electron chi connectivity index (χ1n) is 7.04. The third-order valence-corrected chi connectivity index (χ3v) is 3.31. The number of hydrogen-bond donors (Lipinski definition) is 1. The number of hydrazone groups is 1. The summed E-state index contributed by atoms with van der Waals surface area (Å²) in [5, 5.41) is 12.3. The van der Waals surface area contributed by atoms with Gasteiger partial charge in [0, 0.05) is 5.56 Å². The molecular formula is C16H14FN5O. The zero-order chi connectivity index (χ0) is 16.2. The molecule has 116 valence electrons. The monoisotopic (exact) mass is 311 g/mol. The summed E-state index contributed by atoms with van der Waals surface area (Å²) in [6.45, 7) is 1.66. The minimum Gasteiger partial charge on any atom is -0.271 e. The molecule has 0 aliphatic rings. The van der Waals surface area contributed by atoms with Crippen molar-refractivity contribution in [3.8, 4) is 0 Å². The molecule has 1 atom stereocenters. The van der Waals surface area contributed by atoms with Crippen LogP contribution < -0.4 is 5.43 Å². The molecule has 3 rings (SSSR count). The number of rotatable bonds is 4. The third kappa shape index (κ3) is 3.23. The van der Waals surface area contributed by atoms with Gasteiger partial charge in [0.2, 0.25) is 0 Å². The Morgan fingerprint density at radius 3 is 2.43 bits per heavy atom. The highest BCUT2D eigenvalue weighted by atomic mass is 19.1. The fourth-order valence-electron chi connectivity index (χ4n) is 1.99. The zero-order valence-electron chi connectivity index (χ0n) is 12.3. The van der Waals surface area contributed by atoms with Gasteiger partial charge in [-0.3, -0.25) is 4.79 Å². The first kappa shape index (κ1) is 14.8. The molecule has 1 amide bonds. The predicted molar refractivity (Wildman–Crippen MR) is 84.4 cm³/mol. The molecule has 0 aliphatic carbocycles. The van der Waals surface area contributed by atoms with Crippen LogP contribution in [0.25, 0.3) is 11.0 Å². The van der Waals surface area contributed by atoms with Gasteiger partial charge in [0.25, 0.3) is 5.91 Å². The van der Waals surface area contributed by atoms with Crippen LogP contribution in [0.15, 0.2) is 53.6 Å². The quantitative estimate of drug-likeness (QED) is 0.593. The summed E-state index contributed by atoms with van der Waals surface area (Å²) >= 11 is 0. The smallest absolute Gasteiger partial charge is 0.266 e. The van der Waals surface area contributed by atoms with Crippen molar-refractivity contribution in [1.29, 1.82) is 0 Å². The molecule has 1 unspecified atom stereocenters. The number of halogens is 1. The van der Waals surface area contributed by atoms with Crippen LogP contribution in [0, 0.1) is 5.82 Å². The normalized spacial score (nSPS) is 12.6. The van der Waals surface area contributed by atoms with E-state index in [-0.39, 0.29) is 0 Å². The van der Waals surface area contributed by atoms with Crippen molar-refractivity contribution < 1.29 is 9.18 Å². The minimum atomic E-state index is -0.639. The van der Waals surface area contributed by atoms with Crippen LogP contribution in [-0.4, -0.2) is 27.1 Å². The number of carbonyl (C=O) groups excluding carboxylic acids is 1. The van der Waals surface area contributed by atoms with Gasteiger partial charge in [0.1, 0.15) is 22.9 Å². The van der Waals surface area contributed by atoms with E-state index < -0.39 is 17.8 Å². The SMILES string of the molecule is CC(C(=O)N/N=C/c1ccccc1F)n1nc2ccccc2n1. The molecule has 3 aromatic rings. The van der Waals surface area contributed by atoms with Gasteiger partial charge in [-0.15, -0.1) is 0 Å². The molecule has 7 heteroatoms. The molecule has 0 radical (unpaired) electrons. The van der Waals surface area contributed by atoms with Crippen LogP contribution in [0.1, 0.15) is 18.5 Å². The van der Waals surface area contributed by atoms with Gasteiger partial charge in [0.05, 0.1) is 6.21 Å². The molecule has 1 heterocycles. The fraction of sp³-hybridized carbons (Fsp3) is 0.125. The molecule has 0 fully saturated rings. The Morgan fingerprint density at radius 2 is 1.78 bits per heavy atom. The highest BCUT2D eigenvalue weighted by Crippen LogP contribution is 2.11. The molecule has 6 nitrogen and oxygen atoms in total. The van der Waals surface area contributed by atoms with Crippen molar-refractivity contribution >= 4 is 23.2 Å². The lowest BCUT2D eigenvalue weighted by atomic mass is 10.2. The minimum absolute atomic E-state index is 0.295. The maximum absolute atomic E-state index is 13.4. The molecule has 0 spiro atoms. The summed E-state index contributed by atoms with van der Waals surface area (Å²) in [5.74, 6) is -0.795. The maximum atomic E-state index is 13.4. The average molecular weight is 311 g/mol. The van der Waals surface area contributed by atoms with Gasteiger partial charge in [-0.1, -0.05) is 30.3 Å². The third-order valence-electron chi connectivity index (χ3n) is 3.31. The van der Waals surface area contributed by atoms with Gasteiger partial charge in [-0.2, -0.15) is 20.1 Å². The van der Waals surface area contributed by atoms with Crippen molar-refractivity contribution in [2.24, 2.45) is 5.10 Å². The van der Waals surface area contributed by atoms with Crippen molar-refractivity contribution in [3.05, 3.63) is 59.9 Å². The highest BCUT2D eigenvalue weighted by Gasteiger charge is 2.17. The van der Waals surface area contributed by atoms with E-state index in [1.165, 1.54) is 17.1 Å². The highest BCUT2D eigenvalue weighted by molar-refractivity contribution is 5.84. The molecule has 0 saturated carbocycles. The van der Waals surface area contributed by atoms with Gasteiger partial charge < -0.3 is 0 Å². The summed E-state index contributed by atoms with van der Waals surface area (Å²) in [6, 6.07) is 12.9. The largest absolute Gasteiger partial charge is 0.271 e. The second kappa shape index (κ2) is 6.35. The van der Waals surface area contributed by atoms with Crippen molar-refractivity contribution in [1.82, 2.24) is 20.4 Å². The van der Waals surface area contributed by atoms with Crippen molar-refractivity contribution in [3.63, 3.8) is 0 Å². The number of nitrogens with zero attached hydrogens (tertiary/aromatic N) is 4. The van der Waals surface area contributed by atoms with Crippen LogP contribution in [0.4, 0.5) is 4.39 Å². The zero-order valence-corrected chi connectivity index (χ0v) is 12.3. The van der Waals surface area contributed by atoms with Crippen LogP contribution >= 0.6 is 0 Å². The van der Waals surface area contributed by atoms with Gasteiger partial charge in [-0.05, 0) is 25.1 Å². The Kier molecular flexibility index (Phi) is 4.09. The first-order valence-corrected chi connectivity index (χ1v) is 7.04. The number of fused-ring (bicyclic) bond motifs is 1. The van der Waals surface area contributed by atoms with E-state index in [1.54, 1.807) is 25.1 Å². The molecule has 0 bridgehead atoms. The Labute approximate surface area is 131 Å². The van der Waals surface area contributed by atoms with Crippen LogP contribution in [0.5, 0.6) is 0 Å². The van der Waals surface area contributed by atoms with E-state index in [2.05, 4.69) is 20.7 Å². The van der Waals surface area contributed by atoms with Crippen LogP contribution in [-0.2, 0) is 4.79 Å². The lowest BCUT2D eigenvalue weighted by molar-refractivity contribution is -0.124. The van der Waals surface area contributed by atoms with Gasteiger partial charge >= 0.3 is 0 Å². The van der Waals surface area contributed by atoms with E-state index in [4.69, 9.17) is 0 Å². The fourth-order valence-corrected chi connectivity index (χ4v) is 1.99. The Bertz CT molecular complexity index is 841. The standard InChI is InChI=1S/C16H14FN5O/c1-11(22-20-14-8-4-5-9-15(14)21-22)16(23)19-18-10-12-6-2-3-7-13(12)17/h2-11H,1H3,(H,19,23)/b18-10+. The number of carbonyl (C=O) groups is 1. The number of benzene rings is 2. The summed E-state index contributed by atoms with van der Waals surface area (Å²) < 4.78 is 13.4. The molecule has 23 heavy (non-hydrogen) atoms. The van der Waals surface area contributed by atoms with E-state index in [1.807, 2.05) is 24.3 Å². The summed E-state index contributed by atoms with van der Waals surface area (Å²) in [6.07, 6.45) is 1.26.